The van der Waals surface area contributed by atoms with E-state index in [9.17, 15) is 22.8 Å². The molecule has 11 heteroatoms. The highest BCUT2D eigenvalue weighted by Crippen LogP contribution is 2.44. The van der Waals surface area contributed by atoms with Gasteiger partial charge >= 0.3 is 6.18 Å². The standard InChI is InChI=1S/C22H15ClF3N5O2/c23-14-5-12(8-27)6-15(7-14)30-20(32)18-16-3-1-2-4-17(16)21(33)31(11-22(24,25)26)19(18)13-9-28-29-10-13/h1-7,9-10,18-19H,11H2,(H,28,29)(H,30,32). The Morgan fingerprint density at radius 1 is 1.27 bits per heavy atom. The lowest BCUT2D eigenvalue weighted by Gasteiger charge is -2.41. The summed E-state index contributed by atoms with van der Waals surface area (Å²) < 4.78 is 40.3. The number of benzene rings is 2. The highest BCUT2D eigenvalue weighted by Gasteiger charge is 2.48. The van der Waals surface area contributed by atoms with E-state index >= 15 is 0 Å². The first kappa shape index (κ1) is 22.4. The molecule has 2 unspecified atom stereocenters. The Balaban J connectivity index is 1.83. The van der Waals surface area contributed by atoms with E-state index in [1.54, 1.807) is 6.07 Å². The van der Waals surface area contributed by atoms with Crippen LogP contribution in [0.1, 0.15) is 39.0 Å². The zero-order valence-electron chi connectivity index (χ0n) is 16.7. The Bertz CT molecular complexity index is 1250. The molecular weight excluding hydrogens is 459 g/mol. The Hall–Kier alpha value is -3.84. The molecule has 0 saturated carbocycles. The number of aromatic amines is 1. The van der Waals surface area contributed by atoms with Gasteiger partial charge in [0.1, 0.15) is 6.54 Å². The summed E-state index contributed by atoms with van der Waals surface area (Å²) in [5.41, 5.74) is 0.928. The average molecular weight is 474 g/mol. The number of nitrogens with zero attached hydrogens (tertiary/aromatic N) is 3. The first-order chi connectivity index (χ1) is 15.7. The van der Waals surface area contributed by atoms with Gasteiger partial charge in [0.15, 0.2) is 0 Å². The summed E-state index contributed by atoms with van der Waals surface area (Å²) in [6.07, 6.45) is -2.06. The molecule has 4 rings (SSSR count). The molecule has 2 aromatic carbocycles. The number of halogens is 4. The number of nitriles is 1. The summed E-state index contributed by atoms with van der Waals surface area (Å²) in [6, 6.07) is 10.9. The number of carbonyl (C=O) groups is 2. The van der Waals surface area contributed by atoms with Crippen molar-refractivity contribution in [1.29, 1.82) is 5.26 Å². The molecule has 2 atom stereocenters. The summed E-state index contributed by atoms with van der Waals surface area (Å²) in [6.45, 7) is -1.55. The minimum atomic E-state index is -4.69. The Kier molecular flexibility index (Phi) is 5.82. The molecule has 7 nitrogen and oxygen atoms in total. The summed E-state index contributed by atoms with van der Waals surface area (Å²) in [5.74, 6) is -2.70. The molecule has 0 saturated heterocycles. The summed E-state index contributed by atoms with van der Waals surface area (Å²) in [4.78, 5) is 27.2. The molecule has 33 heavy (non-hydrogen) atoms. The number of aromatic nitrogens is 2. The molecule has 1 aliphatic rings. The van der Waals surface area contributed by atoms with Crippen LogP contribution in [0.4, 0.5) is 18.9 Å². The molecule has 0 radical (unpaired) electrons. The van der Waals surface area contributed by atoms with Crippen molar-refractivity contribution < 1.29 is 22.8 Å². The number of fused-ring (bicyclic) bond motifs is 1. The lowest BCUT2D eigenvalue weighted by atomic mass is 9.79. The molecule has 0 spiro atoms. The van der Waals surface area contributed by atoms with Crippen LogP contribution >= 0.6 is 11.6 Å². The number of hydrogen-bond acceptors (Lipinski definition) is 4. The second-order valence-corrected chi connectivity index (χ2v) is 7.86. The van der Waals surface area contributed by atoms with Gasteiger partial charge in [-0.15, -0.1) is 0 Å². The van der Waals surface area contributed by atoms with Gasteiger partial charge < -0.3 is 10.2 Å². The zero-order valence-corrected chi connectivity index (χ0v) is 17.5. The Morgan fingerprint density at radius 2 is 2.03 bits per heavy atom. The van der Waals surface area contributed by atoms with E-state index in [4.69, 9.17) is 16.9 Å². The van der Waals surface area contributed by atoms with Crippen LogP contribution in [-0.2, 0) is 4.79 Å². The lowest BCUT2D eigenvalue weighted by molar-refractivity contribution is -0.148. The first-order valence-electron chi connectivity index (χ1n) is 9.65. The highest BCUT2D eigenvalue weighted by atomic mass is 35.5. The van der Waals surface area contributed by atoms with Crippen molar-refractivity contribution in [2.45, 2.75) is 18.1 Å². The van der Waals surface area contributed by atoms with E-state index in [0.717, 1.165) is 0 Å². The minimum absolute atomic E-state index is 0.00505. The molecule has 2 heterocycles. The summed E-state index contributed by atoms with van der Waals surface area (Å²) in [7, 11) is 0. The van der Waals surface area contributed by atoms with Crippen molar-refractivity contribution in [3.63, 3.8) is 0 Å². The SMILES string of the molecule is N#Cc1cc(Cl)cc(NC(=O)C2c3ccccc3C(=O)N(CC(F)(F)F)C2c2cn[nH]c2)c1. The van der Waals surface area contributed by atoms with Gasteiger partial charge in [-0.25, -0.2) is 0 Å². The predicted molar refractivity (Wildman–Crippen MR) is 112 cm³/mol. The quantitative estimate of drug-likeness (QED) is 0.585. The van der Waals surface area contributed by atoms with E-state index in [0.29, 0.717) is 4.90 Å². The van der Waals surface area contributed by atoms with Crippen LogP contribution in [0.3, 0.4) is 0 Å². The van der Waals surface area contributed by atoms with Crippen molar-refractivity contribution in [3.8, 4) is 6.07 Å². The molecule has 0 fully saturated rings. The third kappa shape index (κ3) is 4.54. The summed E-state index contributed by atoms with van der Waals surface area (Å²) >= 11 is 6.01. The maximum absolute atomic E-state index is 13.5. The Morgan fingerprint density at radius 3 is 2.70 bits per heavy atom. The van der Waals surface area contributed by atoms with Gasteiger partial charge in [-0.2, -0.15) is 23.5 Å². The molecular formula is C22H15ClF3N5O2. The van der Waals surface area contributed by atoms with Crippen LogP contribution in [0.25, 0.3) is 0 Å². The topological polar surface area (TPSA) is 102 Å². The van der Waals surface area contributed by atoms with Gasteiger partial charge in [0.05, 0.1) is 29.8 Å². The maximum Gasteiger partial charge on any atom is 0.406 e. The van der Waals surface area contributed by atoms with Crippen LogP contribution < -0.4 is 5.32 Å². The first-order valence-corrected chi connectivity index (χ1v) is 10.0. The second-order valence-electron chi connectivity index (χ2n) is 7.42. The van der Waals surface area contributed by atoms with Gasteiger partial charge in [0.25, 0.3) is 5.91 Å². The van der Waals surface area contributed by atoms with Crippen molar-refractivity contribution in [1.82, 2.24) is 15.1 Å². The molecule has 1 aliphatic heterocycles. The van der Waals surface area contributed by atoms with Crippen LogP contribution in [-0.4, -0.2) is 39.6 Å². The van der Waals surface area contributed by atoms with Gasteiger partial charge in [0.2, 0.25) is 5.91 Å². The van der Waals surface area contributed by atoms with Crippen LogP contribution in [0.5, 0.6) is 0 Å². The largest absolute Gasteiger partial charge is 0.406 e. The summed E-state index contributed by atoms with van der Waals surface area (Å²) in [5, 5.41) is 18.3. The average Bonchev–Trinajstić information content (AvgIpc) is 3.28. The predicted octanol–water partition coefficient (Wildman–Crippen LogP) is 4.42. The van der Waals surface area contributed by atoms with E-state index < -0.39 is 36.5 Å². The van der Waals surface area contributed by atoms with Gasteiger partial charge in [0, 0.05) is 28.0 Å². The highest BCUT2D eigenvalue weighted by molar-refractivity contribution is 6.31. The zero-order chi connectivity index (χ0) is 23.8. The van der Waals surface area contributed by atoms with Crippen LogP contribution in [0.2, 0.25) is 5.02 Å². The van der Waals surface area contributed by atoms with E-state index in [2.05, 4.69) is 15.5 Å². The smallest absolute Gasteiger partial charge is 0.325 e. The maximum atomic E-state index is 13.5. The fourth-order valence-electron chi connectivity index (χ4n) is 3.98. The third-order valence-electron chi connectivity index (χ3n) is 5.23. The molecule has 0 aliphatic carbocycles. The molecule has 168 valence electrons. The van der Waals surface area contributed by atoms with Gasteiger partial charge in [-0.3, -0.25) is 14.7 Å². The number of carbonyl (C=O) groups excluding carboxylic acids is 2. The van der Waals surface area contributed by atoms with E-state index in [-0.39, 0.29) is 33.0 Å². The number of alkyl halides is 3. The minimum Gasteiger partial charge on any atom is -0.325 e. The van der Waals surface area contributed by atoms with Crippen molar-refractivity contribution in [2.75, 3.05) is 11.9 Å². The molecule has 2 N–H and O–H groups in total. The second kappa shape index (κ2) is 8.60. The fraction of sp³-hybridized carbons (Fsp3) is 0.182. The van der Waals surface area contributed by atoms with Gasteiger partial charge in [-0.1, -0.05) is 29.8 Å². The van der Waals surface area contributed by atoms with E-state index in [1.165, 1.54) is 48.8 Å². The van der Waals surface area contributed by atoms with Crippen molar-refractivity contribution in [2.24, 2.45) is 0 Å². The van der Waals surface area contributed by atoms with Crippen LogP contribution in [0, 0.1) is 11.3 Å². The number of nitrogens with one attached hydrogen (secondary N) is 2. The number of rotatable bonds is 4. The van der Waals surface area contributed by atoms with Crippen LogP contribution in [0.15, 0.2) is 54.9 Å². The number of amides is 2. The monoisotopic (exact) mass is 473 g/mol. The van der Waals surface area contributed by atoms with Gasteiger partial charge in [-0.05, 0) is 29.8 Å². The molecule has 2 amide bonds. The molecule has 1 aromatic heterocycles. The third-order valence-corrected chi connectivity index (χ3v) is 5.44. The fourth-order valence-corrected chi connectivity index (χ4v) is 4.22. The molecule has 0 bridgehead atoms. The lowest BCUT2D eigenvalue weighted by Crippen LogP contribution is -2.49. The number of anilines is 1. The molecule has 3 aromatic rings. The van der Waals surface area contributed by atoms with Crippen molar-refractivity contribution in [3.05, 3.63) is 82.1 Å². The van der Waals surface area contributed by atoms with Crippen molar-refractivity contribution >= 4 is 29.1 Å². The number of hydrogen-bond donors (Lipinski definition) is 2. The van der Waals surface area contributed by atoms with E-state index in [1.807, 2.05) is 6.07 Å². The Labute approximate surface area is 190 Å². The number of H-pyrrole nitrogens is 1. The normalized spacial score (nSPS) is 17.9.